The van der Waals surface area contributed by atoms with E-state index in [9.17, 15) is 9.59 Å². The Hall–Kier alpha value is -2.82. The van der Waals surface area contributed by atoms with E-state index in [1.807, 2.05) is 30.3 Å². The van der Waals surface area contributed by atoms with Crippen LogP contribution >= 0.6 is 0 Å². The van der Waals surface area contributed by atoms with Gasteiger partial charge in [-0.15, -0.1) is 0 Å². The minimum Gasteiger partial charge on any atom is -0.480 e. The molecule has 0 unspecified atom stereocenters. The summed E-state index contributed by atoms with van der Waals surface area (Å²) in [6.45, 7) is 6.16. The van der Waals surface area contributed by atoms with Crippen molar-refractivity contribution in [1.29, 1.82) is 0 Å². The number of carbonyl (C=O) groups is 2. The second kappa shape index (κ2) is 9.59. The Bertz CT molecular complexity index is 837. The number of hydrogen-bond acceptors (Lipinski definition) is 3. The first-order chi connectivity index (χ1) is 14.0. The van der Waals surface area contributed by atoms with Gasteiger partial charge in [0, 0.05) is 11.7 Å². The summed E-state index contributed by atoms with van der Waals surface area (Å²) in [7, 11) is 0. The van der Waals surface area contributed by atoms with Gasteiger partial charge < -0.3 is 15.4 Å². The van der Waals surface area contributed by atoms with Crippen LogP contribution < -0.4 is 15.4 Å². The zero-order valence-electron chi connectivity index (χ0n) is 17.4. The number of rotatable bonds is 6. The van der Waals surface area contributed by atoms with Crippen LogP contribution in [0.1, 0.15) is 50.4 Å². The van der Waals surface area contributed by atoms with Crippen LogP contribution in [-0.2, 0) is 4.79 Å². The molecule has 1 aliphatic carbocycles. The maximum Gasteiger partial charge on any atom is 0.261 e. The van der Waals surface area contributed by atoms with Crippen molar-refractivity contribution in [3.63, 3.8) is 0 Å². The third-order valence-electron chi connectivity index (χ3n) is 5.87. The van der Waals surface area contributed by atoms with Gasteiger partial charge in [0.1, 0.15) is 5.75 Å². The zero-order valence-corrected chi connectivity index (χ0v) is 17.4. The highest BCUT2D eigenvalue weighted by molar-refractivity contribution is 6.06. The fraction of sp³-hybridized carbons (Fsp3) is 0.417. The van der Waals surface area contributed by atoms with Crippen LogP contribution in [0, 0.1) is 11.8 Å². The highest BCUT2D eigenvalue weighted by Crippen LogP contribution is 2.29. The second-order valence-corrected chi connectivity index (χ2v) is 7.96. The van der Waals surface area contributed by atoms with Crippen molar-refractivity contribution < 1.29 is 14.3 Å². The zero-order chi connectivity index (χ0) is 20.8. The molecule has 0 radical (unpaired) electrons. The molecule has 1 saturated carbocycles. The lowest BCUT2D eigenvalue weighted by molar-refractivity contribution is -0.128. The molecule has 29 heavy (non-hydrogen) atoms. The van der Waals surface area contributed by atoms with Gasteiger partial charge in [0.15, 0.2) is 6.10 Å². The van der Waals surface area contributed by atoms with Gasteiger partial charge in [-0.1, -0.05) is 57.0 Å². The summed E-state index contributed by atoms with van der Waals surface area (Å²) in [5.41, 5.74) is 1.11. The van der Waals surface area contributed by atoms with Crippen LogP contribution in [-0.4, -0.2) is 24.0 Å². The van der Waals surface area contributed by atoms with Gasteiger partial charge in [-0.25, -0.2) is 0 Å². The van der Waals surface area contributed by atoms with Crippen molar-refractivity contribution in [2.45, 2.75) is 52.2 Å². The van der Waals surface area contributed by atoms with Gasteiger partial charge in [-0.2, -0.15) is 0 Å². The Morgan fingerprint density at radius 1 is 1.00 bits per heavy atom. The number of carbonyl (C=O) groups excluding carboxylic acids is 2. The lowest BCUT2D eigenvalue weighted by Gasteiger charge is -2.35. The molecule has 5 heteroatoms. The predicted molar refractivity (Wildman–Crippen MR) is 115 cm³/mol. The molecule has 2 N–H and O–H groups in total. The van der Waals surface area contributed by atoms with E-state index >= 15 is 0 Å². The van der Waals surface area contributed by atoms with Crippen LogP contribution in [0.25, 0.3) is 0 Å². The maximum atomic E-state index is 12.7. The van der Waals surface area contributed by atoms with E-state index in [0.29, 0.717) is 28.8 Å². The van der Waals surface area contributed by atoms with E-state index in [-0.39, 0.29) is 17.9 Å². The maximum absolute atomic E-state index is 12.7. The molecule has 0 aromatic heterocycles. The minimum atomic E-state index is -0.690. The second-order valence-electron chi connectivity index (χ2n) is 7.96. The summed E-state index contributed by atoms with van der Waals surface area (Å²) >= 11 is 0. The lowest BCUT2D eigenvalue weighted by atomic mass is 9.78. The van der Waals surface area contributed by atoms with E-state index in [2.05, 4.69) is 24.5 Å². The molecule has 154 valence electrons. The highest BCUT2D eigenvalue weighted by atomic mass is 16.5. The highest BCUT2D eigenvalue weighted by Gasteiger charge is 2.30. The molecule has 4 atom stereocenters. The van der Waals surface area contributed by atoms with E-state index < -0.39 is 6.10 Å². The van der Waals surface area contributed by atoms with Crippen LogP contribution in [0.4, 0.5) is 5.69 Å². The standard InChI is InChI=1S/C24H30N2O3/c1-16-10-9-14-21(17(16)2)26-23(27)18(3)29-22-15-8-7-13-20(22)24(28)25-19-11-5-4-6-12-19/h4-8,11-13,15-18,21H,9-10,14H2,1-3H3,(H,25,28)(H,26,27)/t16-,17-,18-,21-/m1/s1. The molecular formula is C24H30N2O3. The van der Waals surface area contributed by atoms with Crippen molar-refractivity contribution in [1.82, 2.24) is 5.32 Å². The average molecular weight is 395 g/mol. The molecule has 0 aliphatic heterocycles. The molecule has 3 rings (SSSR count). The van der Waals surface area contributed by atoms with Gasteiger partial charge in [0.2, 0.25) is 0 Å². The topological polar surface area (TPSA) is 67.4 Å². The monoisotopic (exact) mass is 394 g/mol. The molecular weight excluding hydrogens is 364 g/mol. The number of hydrogen-bond donors (Lipinski definition) is 2. The van der Waals surface area contributed by atoms with E-state index in [0.717, 1.165) is 12.8 Å². The Morgan fingerprint density at radius 2 is 1.69 bits per heavy atom. The number of anilines is 1. The largest absolute Gasteiger partial charge is 0.480 e. The smallest absolute Gasteiger partial charge is 0.261 e. The molecule has 2 aromatic carbocycles. The van der Waals surface area contributed by atoms with Gasteiger partial charge in [0.25, 0.3) is 11.8 Å². The van der Waals surface area contributed by atoms with Crippen LogP contribution in [0.5, 0.6) is 5.75 Å². The first-order valence-corrected chi connectivity index (χ1v) is 10.4. The number of para-hydroxylation sites is 2. The number of amides is 2. The SMILES string of the molecule is C[C@@H]1[C@H](C)CCC[C@H]1NC(=O)[C@@H](C)Oc1ccccc1C(=O)Nc1ccccc1. The predicted octanol–water partition coefficient (Wildman–Crippen LogP) is 4.65. The molecule has 1 aliphatic rings. The van der Waals surface area contributed by atoms with Crippen molar-refractivity contribution in [2.24, 2.45) is 11.8 Å². The van der Waals surface area contributed by atoms with Crippen molar-refractivity contribution in [3.8, 4) is 5.75 Å². The third kappa shape index (κ3) is 5.37. The normalized spacial score (nSPS) is 22.4. The summed E-state index contributed by atoms with van der Waals surface area (Å²) in [5.74, 6) is 1.04. The lowest BCUT2D eigenvalue weighted by Crippen LogP contribution is -2.48. The molecule has 0 spiro atoms. The Morgan fingerprint density at radius 3 is 2.45 bits per heavy atom. The average Bonchev–Trinajstić information content (AvgIpc) is 2.72. The van der Waals surface area contributed by atoms with Crippen molar-refractivity contribution in [2.75, 3.05) is 5.32 Å². The first kappa shape index (κ1) is 20.9. The van der Waals surface area contributed by atoms with E-state index in [1.54, 1.807) is 31.2 Å². The number of benzene rings is 2. The fourth-order valence-electron chi connectivity index (χ4n) is 3.81. The first-order valence-electron chi connectivity index (χ1n) is 10.4. The molecule has 0 heterocycles. The summed E-state index contributed by atoms with van der Waals surface area (Å²) in [5, 5.41) is 6.00. The van der Waals surface area contributed by atoms with Gasteiger partial charge >= 0.3 is 0 Å². The van der Waals surface area contributed by atoms with Gasteiger partial charge in [-0.05, 0) is 49.4 Å². The summed E-state index contributed by atoms with van der Waals surface area (Å²) in [6.07, 6.45) is 2.66. The summed E-state index contributed by atoms with van der Waals surface area (Å²) < 4.78 is 5.90. The summed E-state index contributed by atoms with van der Waals surface area (Å²) in [4.78, 5) is 25.4. The van der Waals surface area contributed by atoms with Crippen LogP contribution in [0.15, 0.2) is 54.6 Å². The van der Waals surface area contributed by atoms with Crippen molar-refractivity contribution in [3.05, 3.63) is 60.2 Å². The molecule has 0 bridgehead atoms. The fourth-order valence-corrected chi connectivity index (χ4v) is 3.81. The molecule has 2 amide bonds. The Balaban J connectivity index is 1.65. The Labute approximate surface area is 172 Å². The van der Waals surface area contributed by atoms with Crippen LogP contribution in [0.3, 0.4) is 0 Å². The quantitative estimate of drug-likeness (QED) is 0.750. The third-order valence-corrected chi connectivity index (χ3v) is 5.87. The van der Waals surface area contributed by atoms with Gasteiger partial charge in [-0.3, -0.25) is 9.59 Å². The molecule has 5 nitrogen and oxygen atoms in total. The van der Waals surface area contributed by atoms with Crippen LogP contribution in [0.2, 0.25) is 0 Å². The number of ether oxygens (including phenoxy) is 1. The van der Waals surface area contributed by atoms with E-state index in [1.165, 1.54) is 6.42 Å². The molecule has 1 fully saturated rings. The minimum absolute atomic E-state index is 0.144. The summed E-state index contributed by atoms with van der Waals surface area (Å²) in [6, 6.07) is 16.4. The van der Waals surface area contributed by atoms with E-state index in [4.69, 9.17) is 4.74 Å². The van der Waals surface area contributed by atoms with Gasteiger partial charge in [0.05, 0.1) is 5.56 Å². The molecule has 0 saturated heterocycles. The number of nitrogens with one attached hydrogen (secondary N) is 2. The van der Waals surface area contributed by atoms with Crippen molar-refractivity contribution >= 4 is 17.5 Å². The Kier molecular flexibility index (Phi) is 6.91. The molecule has 2 aromatic rings.